The molecule has 196 valence electrons. The minimum Gasteiger partial charge on any atom is -0.395 e. The average Bonchev–Trinajstić information content (AvgIpc) is 2.92. The van der Waals surface area contributed by atoms with Crippen LogP contribution >= 0.6 is 0 Å². The summed E-state index contributed by atoms with van der Waals surface area (Å²) >= 11 is 0. The number of nitrogens with zero attached hydrogens (tertiary/aromatic N) is 3. The number of aliphatic hydroxyl groups excluding tert-OH is 4. The number of benzene rings is 3. The molecule has 0 aromatic heterocycles. The van der Waals surface area contributed by atoms with E-state index in [-0.39, 0.29) is 26.4 Å². The van der Waals surface area contributed by atoms with Crippen molar-refractivity contribution in [1.29, 1.82) is 0 Å². The predicted octanol–water partition coefficient (Wildman–Crippen LogP) is 1.79. The second kappa shape index (κ2) is 13.5. The molecule has 3 aromatic carbocycles. The highest BCUT2D eigenvalue weighted by Gasteiger charge is 2.31. The van der Waals surface area contributed by atoms with Crippen LogP contribution in [0.2, 0.25) is 0 Å². The summed E-state index contributed by atoms with van der Waals surface area (Å²) in [6.45, 7) is 1.71. The van der Waals surface area contributed by atoms with E-state index >= 15 is 0 Å². The van der Waals surface area contributed by atoms with Crippen LogP contribution in [-0.2, 0) is 5.31 Å². The van der Waals surface area contributed by atoms with Crippen molar-refractivity contribution < 1.29 is 20.4 Å². The molecule has 3 aromatic rings. The molecule has 0 aliphatic heterocycles. The van der Waals surface area contributed by atoms with Gasteiger partial charge in [0.25, 0.3) is 0 Å². The van der Waals surface area contributed by atoms with E-state index in [4.69, 9.17) is 7.85 Å². The third-order valence-electron chi connectivity index (χ3n) is 6.69. The smallest absolute Gasteiger partial charge is 0.0940 e. The van der Waals surface area contributed by atoms with Gasteiger partial charge < -0.3 is 35.1 Å². The van der Waals surface area contributed by atoms with Gasteiger partial charge in [0.05, 0.1) is 34.3 Å². The first kappa shape index (κ1) is 28.5. The lowest BCUT2D eigenvalue weighted by atomic mass is 9.56. The lowest BCUT2D eigenvalue weighted by Crippen LogP contribution is -2.32. The number of aliphatic hydroxyl groups is 4. The van der Waals surface area contributed by atoms with Crippen LogP contribution in [0.4, 0.5) is 17.1 Å². The van der Waals surface area contributed by atoms with Crippen molar-refractivity contribution in [3.63, 3.8) is 0 Å². The van der Waals surface area contributed by atoms with Gasteiger partial charge in [-0.05, 0) is 53.1 Å². The Labute approximate surface area is 221 Å². The fourth-order valence-electron chi connectivity index (χ4n) is 4.62. The maximum absolute atomic E-state index is 9.42. The van der Waals surface area contributed by atoms with Crippen LogP contribution in [0.15, 0.2) is 72.8 Å². The molecule has 7 nitrogen and oxygen atoms in total. The van der Waals surface area contributed by atoms with Gasteiger partial charge in [-0.2, -0.15) is 0 Å². The molecule has 3 rings (SSSR count). The van der Waals surface area contributed by atoms with Crippen LogP contribution in [0.25, 0.3) is 0 Å². The lowest BCUT2D eigenvalue weighted by Gasteiger charge is -2.34. The minimum atomic E-state index is -0.945. The third-order valence-corrected chi connectivity index (χ3v) is 6.69. The summed E-state index contributed by atoms with van der Waals surface area (Å²) in [7, 11) is 11.3. The van der Waals surface area contributed by atoms with Crippen molar-refractivity contribution in [3.8, 4) is 0 Å². The molecule has 0 bridgehead atoms. The van der Waals surface area contributed by atoms with Gasteiger partial charge in [-0.3, -0.25) is 0 Å². The Morgan fingerprint density at radius 3 is 1.03 bits per heavy atom. The molecule has 0 aliphatic rings. The zero-order chi connectivity index (χ0) is 26.8. The topological polar surface area (TPSA) is 90.6 Å². The molecule has 0 saturated heterocycles. The standard InChI is InChI=1S/C29H38BN3O4/c1-31(2)26-9-3-23(4-10-26)29(30,24-5-11-27(12-6-24)32(15-19-34)16-20-35)25-7-13-28(14-8-25)33(17-21-36)18-22-37/h3-14,34-37H,15-22H2,1-2H3. The highest BCUT2D eigenvalue weighted by atomic mass is 16.3. The molecule has 0 spiro atoms. The molecular formula is C29H38BN3O4. The molecule has 0 saturated carbocycles. The van der Waals surface area contributed by atoms with E-state index < -0.39 is 5.31 Å². The molecule has 0 aliphatic carbocycles. The first-order chi connectivity index (χ1) is 17.9. The fourth-order valence-corrected chi connectivity index (χ4v) is 4.62. The van der Waals surface area contributed by atoms with E-state index in [9.17, 15) is 20.4 Å². The van der Waals surface area contributed by atoms with Gasteiger partial charge in [-0.25, -0.2) is 0 Å². The van der Waals surface area contributed by atoms with Crippen molar-refractivity contribution in [2.45, 2.75) is 5.31 Å². The summed E-state index contributed by atoms with van der Waals surface area (Å²) in [5.74, 6) is 0. The second-order valence-electron chi connectivity index (χ2n) is 9.21. The van der Waals surface area contributed by atoms with E-state index in [2.05, 4.69) is 0 Å². The molecule has 0 amide bonds. The van der Waals surface area contributed by atoms with E-state index in [0.29, 0.717) is 26.2 Å². The zero-order valence-corrected chi connectivity index (χ0v) is 21.8. The van der Waals surface area contributed by atoms with Crippen molar-refractivity contribution >= 4 is 24.9 Å². The number of hydrogen-bond donors (Lipinski definition) is 4. The molecule has 37 heavy (non-hydrogen) atoms. The highest BCUT2D eigenvalue weighted by Crippen LogP contribution is 2.38. The highest BCUT2D eigenvalue weighted by molar-refractivity contribution is 6.20. The van der Waals surface area contributed by atoms with Crippen LogP contribution < -0.4 is 14.7 Å². The van der Waals surface area contributed by atoms with Crippen LogP contribution in [0.3, 0.4) is 0 Å². The van der Waals surface area contributed by atoms with E-state index in [1.54, 1.807) is 0 Å². The summed E-state index contributed by atoms with van der Waals surface area (Å²) in [6, 6.07) is 24.0. The van der Waals surface area contributed by atoms with Crippen molar-refractivity contribution in [3.05, 3.63) is 89.5 Å². The first-order valence-corrected chi connectivity index (χ1v) is 12.6. The Hall–Kier alpha value is -3.04. The van der Waals surface area contributed by atoms with Gasteiger partial charge in [0.15, 0.2) is 0 Å². The van der Waals surface area contributed by atoms with Crippen molar-refractivity contribution in [1.82, 2.24) is 0 Å². The minimum absolute atomic E-state index is 0.00324. The summed E-state index contributed by atoms with van der Waals surface area (Å²) in [6.07, 6.45) is 0. The lowest BCUT2D eigenvalue weighted by molar-refractivity contribution is 0.280. The van der Waals surface area contributed by atoms with E-state index in [1.807, 2.05) is 102 Å². The normalized spacial score (nSPS) is 11.4. The fraction of sp³-hybridized carbons (Fsp3) is 0.379. The molecule has 0 unspecified atom stereocenters. The predicted molar refractivity (Wildman–Crippen MR) is 152 cm³/mol. The van der Waals surface area contributed by atoms with Gasteiger partial charge in [-0.1, -0.05) is 36.4 Å². The SMILES string of the molecule is [B]C(c1ccc(N(C)C)cc1)(c1ccc(N(CCO)CCO)cc1)c1ccc(N(CCO)CCO)cc1. The Bertz CT molecular complexity index is 1000. The monoisotopic (exact) mass is 503 g/mol. The van der Waals surface area contributed by atoms with Gasteiger partial charge in [0, 0.05) is 62.7 Å². The molecule has 2 radical (unpaired) electrons. The van der Waals surface area contributed by atoms with E-state index in [0.717, 1.165) is 33.8 Å². The van der Waals surface area contributed by atoms with Crippen LogP contribution in [0.5, 0.6) is 0 Å². The molecular weight excluding hydrogens is 465 g/mol. The molecule has 0 atom stereocenters. The first-order valence-electron chi connectivity index (χ1n) is 12.6. The van der Waals surface area contributed by atoms with Gasteiger partial charge in [-0.15, -0.1) is 0 Å². The summed E-state index contributed by atoms with van der Waals surface area (Å²) in [4.78, 5) is 5.90. The maximum Gasteiger partial charge on any atom is 0.0940 e. The van der Waals surface area contributed by atoms with Gasteiger partial charge >= 0.3 is 0 Å². The Morgan fingerprint density at radius 2 is 0.784 bits per heavy atom. The van der Waals surface area contributed by atoms with Crippen molar-refractivity contribution in [2.24, 2.45) is 0 Å². The molecule has 0 fully saturated rings. The molecule has 4 N–H and O–H groups in total. The summed E-state index contributed by atoms with van der Waals surface area (Å²) in [5, 5.41) is 36.7. The molecule has 8 heteroatoms. The maximum atomic E-state index is 9.42. The van der Waals surface area contributed by atoms with Gasteiger partial charge in [0.2, 0.25) is 0 Å². The van der Waals surface area contributed by atoms with Crippen molar-refractivity contribution in [2.75, 3.05) is 81.4 Å². The third kappa shape index (κ3) is 6.65. The second-order valence-corrected chi connectivity index (χ2v) is 9.21. The summed E-state index contributed by atoms with van der Waals surface area (Å²) < 4.78 is 0. The Morgan fingerprint density at radius 1 is 0.514 bits per heavy atom. The Kier molecular flexibility index (Phi) is 10.4. The number of anilines is 3. The average molecular weight is 503 g/mol. The van der Waals surface area contributed by atoms with Crippen LogP contribution in [0, 0.1) is 0 Å². The quantitative estimate of drug-likeness (QED) is 0.197. The largest absolute Gasteiger partial charge is 0.395 e. The summed E-state index contributed by atoms with van der Waals surface area (Å²) in [5.41, 5.74) is 5.61. The number of rotatable bonds is 14. The van der Waals surface area contributed by atoms with E-state index in [1.165, 1.54) is 0 Å². The van der Waals surface area contributed by atoms with Crippen LogP contribution in [0.1, 0.15) is 16.7 Å². The Balaban J connectivity index is 2.06. The van der Waals surface area contributed by atoms with Gasteiger partial charge in [0.1, 0.15) is 0 Å². The molecule has 0 heterocycles. The zero-order valence-electron chi connectivity index (χ0n) is 21.8. The number of hydrogen-bond acceptors (Lipinski definition) is 7. The van der Waals surface area contributed by atoms with Crippen LogP contribution in [-0.4, -0.2) is 95.0 Å².